The van der Waals surface area contributed by atoms with E-state index in [0.717, 1.165) is 41.7 Å². The third-order valence-electron chi connectivity index (χ3n) is 6.36. The fraction of sp³-hybridized carbons (Fsp3) is 0.429. The Kier molecular flexibility index (Phi) is 4.55. The van der Waals surface area contributed by atoms with Crippen molar-refractivity contribution in [2.45, 2.75) is 31.8 Å². The molecule has 0 atom stereocenters. The van der Waals surface area contributed by atoms with Crippen LogP contribution in [0.1, 0.15) is 24.0 Å². The Balaban J connectivity index is 1.22. The first-order valence-corrected chi connectivity index (χ1v) is 11.7. The summed E-state index contributed by atoms with van der Waals surface area (Å²) in [7, 11) is -1.21. The Morgan fingerprint density at radius 2 is 1.97 bits per heavy atom. The van der Waals surface area contributed by atoms with Crippen LogP contribution in [0.5, 0.6) is 0 Å². The summed E-state index contributed by atoms with van der Waals surface area (Å²) in [4.78, 5) is 14.0. The number of aromatic nitrogens is 3. The van der Waals surface area contributed by atoms with Gasteiger partial charge >= 0.3 is 0 Å². The highest BCUT2D eigenvalue weighted by atomic mass is 32.2. The number of sulfonamides is 1. The Bertz CT molecular complexity index is 1140. The van der Waals surface area contributed by atoms with Crippen LogP contribution in [0.15, 0.2) is 42.9 Å². The SMILES string of the molecule is CN(c1ncnc2[nH]ccc12)[C@H]1C[C@@H](CS(=O)(=O)N2CCc3ccccc3C2)C1. The van der Waals surface area contributed by atoms with E-state index in [9.17, 15) is 8.42 Å². The van der Waals surface area contributed by atoms with Gasteiger partial charge in [0.1, 0.15) is 17.8 Å². The molecule has 1 aromatic carbocycles. The lowest BCUT2D eigenvalue weighted by Crippen LogP contribution is -2.47. The van der Waals surface area contributed by atoms with E-state index < -0.39 is 10.0 Å². The summed E-state index contributed by atoms with van der Waals surface area (Å²) >= 11 is 0. The molecular weight excluding hydrogens is 386 g/mol. The number of H-pyrrole nitrogens is 1. The van der Waals surface area contributed by atoms with Crippen LogP contribution in [0.2, 0.25) is 0 Å². The van der Waals surface area contributed by atoms with Crippen molar-refractivity contribution in [1.29, 1.82) is 0 Å². The van der Waals surface area contributed by atoms with E-state index in [4.69, 9.17) is 0 Å². The van der Waals surface area contributed by atoms with Gasteiger partial charge in [0.05, 0.1) is 11.1 Å². The number of hydrogen-bond donors (Lipinski definition) is 1. The van der Waals surface area contributed by atoms with Crippen LogP contribution in [-0.2, 0) is 23.0 Å². The van der Waals surface area contributed by atoms with Crippen LogP contribution in [0.4, 0.5) is 5.82 Å². The minimum atomic E-state index is -3.24. The lowest BCUT2D eigenvalue weighted by Gasteiger charge is -2.42. The molecule has 152 valence electrons. The Labute approximate surface area is 170 Å². The first-order valence-electron chi connectivity index (χ1n) is 10.1. The molecule has 3 aromatic rings. The molecule has 0 saturated heterocycles. The Hall–Kier alpha value is -2.45. The predicted molar refractivity (Wildman–Crippen MR) is 113 cm³/mol. The van der Waals surface area contributed by atoms with Crippen molar-refractivity contribution in [2.75, 3.05) is 24.2 Å². The summed E-state index contributed by atoms with van der Waals surface area (Å²) in [5, 5.41) is 0.998. The minimum Gasteiger partial charge on any atom is -0.356 e. The van der Waals surface area contributed by atoms with E-state index in [2.05, 4.69) is 25.9 Å². The number of nitrogens with one attached hydrogen (secondary N) is 1. The van der Waals surface area contributed by atoms with Gasteiger partial charge in [-0.3, -0.25) is 0 Å². The van der Waals surface area contributed by atoms with Crippen LogP contribution in [-0.4, -0.2) is 53.1 Å². The molecule has 1 aliphatic carbocycles. The standard InChI is InChI=1S/C21H25N5O2S/c1-25(21-19-6-8-22-20(19)23-14-24-21)18-10-15(11-18)13-29(27,28)26-9-7-16-4-2-3-5-17(16)12-26/h2-6,8,14-15,18H,7,9-13H2,1H3,(H,22,23,24)/t15-,18+. The molecule has 3 heterocycles. The Morgan fingerprint density at radius 1 is 1.17 bits per heavy atom. The summed E-state index contributed by atoms with van der Waals surface area (Å²) in [6.45, 7) is 1.09. The molecule has 0 amide bonds. The molecule has 7 nitrogen and oxygen atoms in total. The molecule has 0 bridgehead atoms. The molecule has 2 aromatic heterocycles. The summed E-state index contributed by atoms with van der Waals surface area (Å²) in [5.74, 6) is 1.34. The molecule has 1 aliphatic heterocycles. The zero-order chi connectivity index (χ0) is 20.0. The lowest BCUT2D eigenvalue weighted by molar-refractivity contribution is 0.276. The molecule has 1 fully saturated rings. The molecule has 5 rings (SSSR count). The van der Waals surface area contributed by atoms with E-state index in [-0.39, 0.29) is 11.7 Å². The van der Waals surface area contributed by atoms with Crippen LogP contribution in [0, 0.1) is 5.92 Å². The van der Waals surface area contributed by atoms with Crippen molar-refractivity contribution >= 4 is 26.9 Å². The number of nitrogens with zero attached hydrogens (tertiary/aromatic N) is 4. The van der Waals surface area contributed by atoms with E-state index in [1.807, 2.05) is 37.5 Å². The van der Waals surface area contributed by atoms with Gasteiger partial charge in [-0.25, -0.2) is 18.4 Å². The van der Waals surface area contributed by atoms with Crippen molar-refractivity contribution in [3.05, 3.63) is 54.0 Å². The van der Waals surface area contributed by atoms with Gasteiger partial charge in [0.25, 0.3) is 0 Å². The summed E-state index contributed by atoms with van der Waals surface area (Å²) < 4.78 is 27.6. The molecular formula is C21H25N5O2S. The minimum absolute atomic E-state index is 0.202. The first-order chi connectivity index (χ1) is 14.0. The summed E-state index contributed by atoms with van der Waals surface area (Å²) in [6.07, 6.45) is 5.97. The molecule has 1 saturated carbocycles. The van der Waals surface area contributed by atoms with Gasteiger partial charge in [0, 0.05) is 32.4 Å². The smallest absolute Gasteiger partial charge is 0.214 e. The van der Waals surface area contributed by atoms with E-state index in [1.54, 1.807) is 10.6 Å². The van der Waals surface area contributed by atoms with Crippen molar-refractivity contribution in [2.24, 2.45) is 5.92 Å². The molecule has 2 aliphatic rings. The zero-order valence-corrected chi connectivity index (χ0v) is 17.3. The fourth-order valence-electron chi connectivity index (χ4n) is 4.58. The largest absolute Gasteiger partial charge is 0.356 e. The van der Waals surface area contributed by atoms with Crippen LogP contribution < -0.4 is 4.90 Å². The first kappa shape index (κ1) is 18.6. The molecule has 1 N–H and O–H groups in total. The lowest BCUT2D eigenvalue weighted by atomic mass is 9.81. The topological polar surface area (TPSA) is 82.2 Å². The van der Waals surface area contributed by atoms with E-state index >= 15 is 0 Å². The fourth-order valence-corrected chi connectivity index (χ4v) is 6.36. The highest BCUT2D eigenvalue weighted by Crippen LogP contribution is 2.36. The maximum Gasteiger partial charge on any atom is 0.214 e. The molecule has 0 radical (unpaired) electrons. The molecule has 29 heavy (non-hydrogen) atoms. The van der Waals surface area contributed by atoms with Gasteiger partial charge < -0.3 is 9.88 Å². The molecule has 0 spiro atoms. The second-order valence-electron chi connectivity index (χ2n) is 8.17. The van der Waals surface area contributed by atoms with Gasteiger partial charge in [-0.05, 0) is 42.4 Å². The second-order valence-corrected chi connectivity index (χ2v) is 10.2. The summed E-state index contributed by atoms with van der Waals surface area (Å²) in [6, 6.07) is 10.4. The van der Waals surface area contributed by atoms with Crippen molar-refractivity contribution in [3.63, 3.8) is 0 Å². The highest BCUT2D eigenvalue weighted by Gasteiger charge is 2.38. The number of benzene rings is 1. The van der Waals surface area contributed by atoms with Gasteiger partial charge in [-0.1, -0.05) is 24.3 Å². The zero-order valence-electron chi connectivity index (χ0n) is 16.5. The van der Waals surface area contributed by atoms with Gasteiger partial charge in [0.15, 0.2) is 0 Å². The van der Waals surface area contributed by atoms with Crippen molar-refractivity contribution < 1.29 is 8.42 Å². The predicted octanol–water partition coefficient (Wildman–Crippen LogP) is 2.56. The maximum absolute atomic E-state index is 13.0. The maximum atomic E-state index is 13.0. The monoisotopic (exact) mass is 411 g/mol. The summed E-state index contributed by atoms with van der Waals surface area (Å²) in [5.41, 5.74) is 3.23. The Morgan fingerprint density at radius 3 is 2.79 bits per heavy atom. The number of anilines is 1. The highest BCUT2D eigenvalue weighted by molar-refractivity contribution is 7.89. The number of aromatic amines is 1. The average Bonchev–Trinajstić information content (AvgIpc) is 3.18. The number of fused-ring (bicyclic) bond motifs is 2. The normalized spacial score (nSPS) is 22.2. The molecule has 0 unspecified atom stereocenters. The number of rotatable bonds is 5. The third kappa shape index (κ3) is 3.40. The average molecular weight is 412 g/mol. The van der Waals surface area contributed by atoms with Crippen LogP contribution in [0.3, 0.4) is 0 Å². The quantitative estimate of drug-likeness (QED) is 0.698. The van der Waals surface area contributed by atoms with E-state index in [1.165, 1.54) is 5.56 Å². The number of hydrogen-bond acceptors (Lipinski definition) is 5. The van der Waals surface area contributed by atoms with Gasteiger partial charge in [0.2, 0.25) is 10.0 Å². The van der Waals surface area contributed by atoms with Crippen molar-refractivity contribution in [3.8, 4) is 0 Å². The second kappa shape index (κ2) is 7.11. The van der Waals surface area contributed by atoms with Crippen molar-refractivity contribution in [1.82, 2.24) is 19.3 Å². The van der Waals surface area contributed by atoms with Gasteiger partial charge in [-0.15, -0.1) is 0 Å². The molecule has 8 heteroatoms. The van der Waals surface area contributed by atoms with Gasteiger partial charge in [-0.2, -0.15) is 4.31 Å². The van der Waals surface area contributed by atoms with Crippen LogP contribution in [0.25, 0.3) is 11.0 Å². The van der Waals surface area contributed by atoms with Crippen LogP contribution >= 0.6 is 0 Å². The van der Waals surface area contributed by atoms with E-state index in [0.29, 0.717) is 19.1 Å². The third-order valence-corrected chi connectivity index (χ3v) is 8.35.